The summed E-state index contributed by atoms with van der Waals surface area (Å²) in [6.07, 6.45) is -2.10. The van der Waals surface area contributed by atoms with Crippen molar-refractivity contribution in [1.82, 2.24) is 26.4 Å². The number of fused-ring (bicyclic) bond motifs is 3. The van der Waals surface area contributed by atoms with Crippen LogP contribution in [0.4, 0.5) is 18.9 Å². The Balaban J connectivity index is 1.29. The molecule has 36 heavy (non-hydrogen) atoms. The lowest BCUT2D eigenvalue weighted by atomic mass is 9.72. The number of amides is 3. The number of anilines is 1. The molecule has 4 N–H and O–H groups in total. The van der Waals surface area contributed by atoms with E-state index in [-0.39, 0.29) is 23.9 Å². The van der Waals surface area contributed by atoms with E-state index in [0.29, 0.717) is 37.7 Å². The van der Waals surface area contributed by atoms with Crippen LogP contribution in [0.15, 0.2) is 18.2 Å². The van der Waals surface area contributed by atoms with Crippen LogP contribution in [0.1, 0.15) is 36.8 Å². The van der Waals surface area contributed by atoms with Gasteiger partial charge in [-0.25, -0.2) is 0 Å². The van der Waals surface area contributed by atoms with Gasteiger partial charge >= 0.3 is 6.18 Å². The Bertz CT molecular complexity index is 1060. The lowest BCUT2D eigenvalue weighted by Gasteiger charge is -2.41. The molecule has 3 saturated heterocycles. The normalized spacial score (nSPS) is 27.2. The minimum absolute atomic E-state index is 0.0361. The van der Waals surface area contributed by atoms with Crippen LogP contribution >= 0.6 is 0 Å². The number of hydrogen-bond donors (Lipinski definition) is 4. The number of nitrogens with one attached hydrogen (secondary N) is 4. The highest BCUT2D eigenvalue weighted by Crippen LogP contribution is 2.49. The minimum Gasteiger partial charge on any atom is -0.345 e. The van der Waals surface area contributed by atoms with Crippen LogP contribution in [0.25, 0.3) is 0 Å². The Kier molecular flexibility index (Phi) is 6.46. The van der Waals surface area contributed by atoms with Crippen molar-refractivity contribution in [2.24, 2.45) is 0 Å². The number of carbonyl (C=O) groups is 3. The van der Waals surface area contributed by atoms with E-state index in [4.69, 9.17) is 0 Å². The molecule has 1 spiro atoms. The van der Waals surface area contributed by atoms with Gasteiger partial charge in [-0.05, 0) is 49.8 Å². The molecule has 4 aliphatic heterocycles. The van der Waals surface area contributed by atoms with Crippen molar-refractivity contribution in [3.8, 4) is 0 Å². The SMILES string of the molecule is Cc1cccc2c1C1(CCN(C(=O)C3CCC4NNCC4N3)CC1)C(=O)N2CC(=O)NCC(F)(F)F. The third kappa shape index (κ3) is 4.46. The van der Waals surface area contributed by atoms with E-state index < -0.39 is 30.6 Å². The summed E-state index contributed by atoms with van der Waals surface area (Å²) in [7, 11) is 0. The Hall–Kier alpha value is -2.70. The number of carbonyl (C=O) groups excluding carboxylic acids is 3. The number of piperidine rings is 2. The summed E-state index contributed by atoms with van der Waals surface area (Å²) in [6, 6.07) is 5.65. The number of benzene rings is 1. The predicted octanol–water partition coefficient (Wildman–Crippen LogP) is 0.477. The third-order valence-electron chi connectivity index (χ3n) is 7.97. The van der Waals surface area contributed by atoms with E-state index in [1.165, 1.54) is 4.90 Å². The molecular weight excluding hydrogens is 477 g/mol. The van der Waals surface area contributed by atoms with Crippen molar-refractivity contribution in [3.63, 3.8) is 0 Å². The number of alkyl halides is 3. The van der Waals surface area contributed by atoms with Crippen molar-refractivity contribution in [2.75, 3.05) is 37.6 Å². The zero-order valence-corrected chi connectivity index (χ0v) is 20.1. The lowest BCUT2D eigenvalue weighted by Crippen LogP contribution is -2.59. The van der Waals surface area contributed by atoms with Gasteiger partial charge in [0, 0.05) is 37.4 Å². The van der Waals surface area contributed by atoms with Crippen LogP contribution in [-0.4, -0.2) is 79.6 Å². The van der Waals surface area contributed by atoms with E-state index in [9.17, 15) is 27.6 Å². The highest BCUT2D eigenvalue weighted by molar-refractivity contribution is 6.11. The number of halogens is 3. The first-order valence-electron chi connectivity index (χ1n) is 12.4. The van der Waals surface area contributed by atoms with E-state index >= 15 is 0 Å². The fraction of sp³-hybridized carbons (Fsp3) is 0.625. The molecule has 0 saturated carbocycles. The summed E-state index contributed by atoms with van der Waals surface area (Å²) in [5, 5.41) is 5.30. The maximum absolute atomic E-state index is 13.7. The summed E-state index contributed by atoms with van der Waals surface area (Å²) >= 11 is 0. The van der Waals surface area contributed by atoms with Gasteiger partial charge in [0.2, 0.25) is 17.7 Å². The van der Waals surface area contributed by atoms with Gasteiger partial charge < -0.3 is 20.4 Å². The Morgan fingerprint density at radius 2 is 1.92 bits per heavy atom. The number of nitrogens with zero attached hydrogens (tertiary/aromatic N) is 2. The van der Waals surface area contributed by atoms with Crippen molar-refractivity contribution in [1.29, 1.82) is 0 Å². The van der Waals surface area contributed by atoms with Gasteiger partial charge in [0.25, 0.3) is 0 Å². The Morgan fingerprint density at radius 1 is 1.17 bits per heavy atom. The number of rotatable bonds is 4. The highest BCUT2D eigenvalue weighted by atomic mass is 19.4. The van der Waals surface area contributed by atoms with E-state index in [2.05, 4.69) is 16.2 Å². The first-order valence-corrected chi connectivity index (χ1v) is 12.4. The zero-order valence-electron chi connectivity index (χ0n) is 20.1. The summed E-state index contributed by atoms with van der Waals surface area (Å²) in [4.78, 5) is 42.4. The molecular formula is C24H31F3N6O3. The molecule has 4 heterocycles. The first kappa shape index (κ1) is 25.0. The van der Waals surface area contributed by atoms with Crippen LogP contribution in [-0.2, 0) is 19.8 Å². The fourth-order valence-electron chi connectivity index (χ4n) is 6.20. The topological polar surface area (TPSA) is 106 Å². The number of aryl methyl sites for hydroxylation is 1. The van der Waals surface area contributed by atoms with Crippen LogP contribution in [0.2, 0.25) is 0 Å². The molecule has 3 amide bonds. The average molecular weight is 509 g/mol. The van der Waals surface area contributed by atoms with Crippen molar-refractivity contribution >= 4 is 23.4 Å². The molecule has 0 bridgehead atoms. The van der Waals surface area contributed by atoms with Gasteiger partial charge in [-0.3, -0.25) is 25.2 Å². The number of hydrazine groups is 1. The molecule has 3 fully saturated rings. The van der Waals surface area contributed by atoms with Crippen LogP contribution in [0.5, 0.6) is 0 Å². The Labute approximate surface area is 207 Å². The summed E-state index contributed by atoms with van der Waals surface area (Å²) in [5.41, 5.74) is 7.71. The smallest absolute Gasteiger partial charge is 0.345 e. The van der Waals surface area contributed by atoms with Crippen molar-refractivity contribution in [3.05, 3.63) is 29.3 Å². The van der Waals surface area contributed by atoms with Crippen LogP contribution in [0.3, 0.4) is 0 Å². The van der Waals surface area contributed by atoms with Crippen molar-refractivity contribution < 1.29 is 27.6 Å². The summed E-state index contributed by atoms with van der Waals surface area (Å²) in [5.74, 6) is -1.12. The maximum atomic E-state index is 13.7. The quantitative estimate of drug-likeness (QED) is 0.472. The molecule has 4 aliphatic rings. The van der Waals surface area contributed by atoms with Gasteiger partial charge in [0.1, 0.15) is 13.1 Å². The highest BCUT2D eigenvalue weighted by Gasteiger charge is 2.54. The van der Waals surface area contributed by atoms with Crippen LogP contribution < -0.4 is 26.4 Å². The molecule has 5 rings (SSSR count). The van der Waals surface area contributed by atoms with Gasteiger partial charge in [-0.15, -0.1) is 0 Å². The molecule has 9 nitrogen and oxygen atoms in total. The second-order valence-electron chi connectivity index (χ2n) is 10.2. The lowest BCUT2D eigenvalue weighted by molar-refractivity contribution is -0.139. The summed E-state index contributed by atoms with van der Waals surface area (Å²) < 4.78 is 37.6. The zero-order chi connectivity index (χ0) is 25.7. The molecule has 3 unspecified atom stereocenters. The van der Waals surface area contributed by atoms with E-state index in [1.807, 2.05) is 23.2 Å². The summed E-state index contributed by atoms with van der Waals surface area (Å²) in [6.45, 7) is 1.52. The van der Waals surface area contributed by atoms with E-state index in [0.717, 1.165) is 30.5 Å². The Morgan fingerprint density at radius 3 is 2.64 bits per heavy atom. The maximum Gasteiger partial charge on any atom is 0.405 e. The van der Waals surface area contributed by atoms with Gasteiger partial charge in [0.15, 0.2) is 0 Å². The third-order valence-corrected chi connectivity index (χ3v) is 7.97. The molecule has 3 atom stereocenters. The standard InChI is InChI=1S/C24H31F3N6O3/c1-14-3-2-4-18-20(14)23(22(36)33(18)12-19(34)28-13-24(25,26)27)7-9-32(10-8-23)21(35)16-6-5-15-17(30-16)11-29-31-15/h2-4,15-17,29-31H,5-13H2,1H3,(H,28,34). The predicted molar refractivity (Wildman–Crippen MR) is 125 cm³/mol. The molecule has 12 heteroatoms. The fourth-order valence-corrected chi connectivity index (χ4v) is 6.20. The van der Waals surface area contributed by atoms with Gasteiger partial charge in [-0.2, -0.15) is 13.2 Å². The monoisotopic (exact) mass is 508 g/mol. The number of hydrogen-bond acceptors (Lipinski definition) is 6. The van der Waals surface area contributed by atoms with Gasteiger partial charge in [0.05, 0.1) is 11.5 Å². The van der Waals surface area contributed by atoms with E-state index in [1.54, 1.807) is 12.1 Å². The number of likely N-dealkylation sites (tertiary alicyclic amines) is 1. The molecule has 1 aromatic carbocycles. The van der Waals surface area contributed by atoms with Crippen molar-refractivity contribution in [2.45, 2.75) is 62.3 Å². The minimum atomic E-state index is -4.53. The average Bonchev–Trinajstić information content (AvgIpc) is 3.40. The first-order chi connectivity index (χ1) is 17.1. The molecule has 0 aliphatic carbocycles. The van der Waals surface area contributed by atoms with Crippen LogP contribution in [0, 0.1) is 6.92 Å². The molecule has 1 aromatic rings. The van der Waals surface area contributed by atoms with Gasteiger partial charge in [-0.1, -0.05) is 12.1 Å². The molecule has 0 radical (unpaired) electrons. The molecule has 0 aromatic heterocycles. The largest absolute Gasteiger partial charge is 0.405 e. The second kappa shape index (κ2) is 9.31. The second-order valence-corrected chi connectivity index (χ2v) is 10.2. The molecule has 196 valence electrons.